The van der Waals surface area contributed by atoms with E-state index in [1.807, 2.05) is 30.3 Å². The van der Waals surface area contributed by atoms with Crippen LogP contribution in [0.2, 0.25) is 0 Å². The normalized spacial score (nSPS) is 11.4. The van der Waals surface area contributed by atoms with Crippen molar-refractivity contribution in [3.8, 4) is 11.5 Å². The van der Waals surface area contributed by atoms with Crippen molar-refractivity contribution in [2.75, 3.05) is 0 Å². The lowest BCUT2D eigenvalue weighted by molar-refractivity contribution is -0.123. The molecule has 1 heterocycles. The zero-order chi connectivity index (χ0) is 16.7. The van der Waals surface area contributed by atoms with E-state index in [1.165, 1.54) is 0 Å². The Morgan fingerprint density at radius 1 is 1.17 bits per heavy atom. The van der Waals surface area contributed by atoms with Gasteiger partial charge in [0.1, 0.15) is 0 Å². The van der Waals surface area contributed by atoms with Crippen molar-refractivity contribution in [1.29, 1.82) is 0 Å². The van der Waals surface area contributed by atoms with Gasteiger partial charge < -0.3 is 9.73 Å². The van der Waals surface area contributed by atoms with Crippen molar-refractivity contribution >= 4 is 5.91 Å². The van der Waals surface area contributed by atoms with Gasteiger partial charge in [0.2, 0.25) is 17.7 Å². The second-order valence-electron chi connectivity index (χ2n) is 6.04. The lowest BCUT2D eigenvalue weighted by atomic mass is 9.95. The van der Waals surface area contributed by atoms with Crippen LogP contribution in [0.5, 0.6) is 0 Å². The van der Waals surface area contributed by atoms with E-state index < -0.39 is 0 Å². The third kappa shape index (κ3) is 4.91. The van der Waals surface area contributed by atoms with E-state index in [1.54, 1.807) is 0 Å². The molecule has 0 unspecified atom stereocenters. The fourth-order valence-corrected chi connectivity index (χ4v) is 2.28. The predicted octanol–water partition coefficient (Wildman–Crippen LogP) is 3.75. The van der Waals surface area contributed by atoms with Gasteiger partial charge in [-0.15, -0.1) is 10.2 Å². The lowest BCUT2D eigenvalue weighted by Gasteiger charge is -2.28. The Morgan fingerprint density at radius 2 is 1.87 bits per heavy atom. The number of nitrogens with zero attached hydrogens (tertiary/aromatic N) is 2. The van der Waals surface area contributed by atoms with Crippen molar-refractivity contribution in [1.82, 2.24) is 15.5 Å². The van der Waals surface area contributed by atoms with Gasteiger partial charge >= 0.3 is 0 Å². The van der Waals surface area contributed by atoms with Gasteiger partial charge in [0.05, 0.1) is 0 Å². The summed E-state index contributed by atoms with van der Waals surface area (Å²) in [6, 6.07) is 9.67. The molecular formula is C18H25N3O2. The molecule has 0 atom stereocenters. The molecule has 5 heteroatoms. The molecule has 0 bridgehead atoms. The zero-order valence-electron chi connectivity index (χ0n) is 14.1. The summed E-state index contributed by atoms with van der Waals surface area (Å²) in [7, 11) is 0. The number of carbonyl (C=O) groups is 1. The summed E-state index contributed by atoms with van der Waals surface area (Å²) in [5.74, 6) is 1.18. The molecule has 0 saturated carbocycles. The number of rotatable bonds is 8. The summed E-state index contributed by atoms with van der Waals surface area (Å²) in [4.78, 5) is 12.0. The third-order valence-corrected chi connectivity index (χ3v) is 4.28. The molecule has 124 valence electrons. The Morgan fingerprint density at radius 3 is 2.52 bits per heavy atom. The Bertz CT molecular complexity index is 618. The standard InChI is InChI=1S/C18H25N3O2/c1-4-18(3,5-2)19-15(22)12-9-13-16-20-21-17(23-16)14-10-7-6-8-11-14/h6-8,10-11H,4-5,9,12-13H2,1-3H3,(H,19,22). The summed E-state index contributed by atoms with van der Waals surface area (Å²) in [6.45, 7) is 6.26. The van der Waals surface area contributed by atoms with Gasteiger partial charge in [0, 0.05) is 23.9 Å². The van der Waals surface area contributed by atoms with Crippen molar-refractivity contribution in [3.05, 3.63) is 36.2 Å². The van der Waals surface area contributed by atoms with Crippen LogP contribution in [0.25, 0.3) is 11.5 Å². The molecule has 1 aromatic heterocycles. The lowest BCUT2D eigenvalue weighted by Crippen LogP contribution is -2.44. The van der Waals surface area contributed by atoms with Crippen LogP contribution in [0, 0.1) is 0 Å². The van der Waals surface area contributed by atoms with E-state index in [2.05, 4.69) is 36.3 Å². The molecule has 1 N–H and O–H groups in total. The van der Waals surface area contributed by atoms with E-state index in [0.29, 0.717) is 31.0 Å². The van der Waals surface area contributed by atoms with Gasteiger partial charge in [0.25, 0.3) is 0 Å². The Hall–Kier alpha value is -2.17. The molecule has 0 aliphatic heterocycles. The van der Waals surface area contributed by atoms with Gasteiger partial charge in [-0.2, -0.15) is 0 Å². The minimum atomic E-state index is -0.109. The second kappa shape index (κ2) is 7.90. The smallest absolute Gasteiger partial charge is 0.247 e. The van der Waals surface area contributed by atoms with Crippen LogP contribution < -0.4 is 5.32 Å². The molecule has 5 nitrogen and oxygen atoms in total. The van der Waals surface area contributed by atoms with Crippen LogP contribution in [0.15, 0.2) is 34.7 Å². The highest BCUT2D eigenvalue weighted by Gasteiger charge is 2.21. The number of aryl methyl sites for hydroxylation is 1. The monoisotopic (exact) mass is 315 g/mol. The minimum absolute atomic E-state index is 0.0824. The SMILES string of the molecule is CCC(C)(CC)NC(=O)CCCc1nnc(-c2ccccc2)o1. The van der Waals surface area contributed by atoms with Gasteiger partial charge in [-0.3, -0.25) is 4.79 Å². The Kier molecular flexibility index (Phi) is 5.90. The Labute approximate surface area is 137 Å². The van der Waals surface area contributed by atoms with E-state index in [4.69, 9.17) is 4.42 Å². The van der Waals surface area contributed by atoms with Crippen molar-refractivity contribution in [3.63, 3.8) is 0 Å². The molecule has 0 radical (unpaired) electrons. The van der Waals surface area contributed by atoms with E-state index in [0.717, 1.165) is 18.4 Å². The highest BCUT2D eigenvalue weighted by Crippen LogP contribution is 2.18. The summed E-state index contributed by atoms with van der Waals surface area (Å²) >= 11 is 0. The van der Waals surface area contributed by atoms with Gasteiger partial charge in [-0.1, -0.05) is 32.0 Å². The van der Waals surface area contributed by atoms with Crippen LogP contribution in [-0.2, 0) is 11.2 Å². The molecule has 1 amide bonds. The van der Waals surface area contributed by atoms with Crippen LogP contribution in [-0.4, -0.2) is 21.6 Å². The number of amides is 1. The summed E-state index contributed by atoms with van der Waals surface area (Å²) in [5.41, 5.74) is 0.799. The number of hydrogen-bond donors (Lipinski definition) is 1. The highest BCUT2D eigenvalue weighted by atomic mass is 16.4. The quantitative estimate of drug-likeness (QED) is 0.805. The molecule has 0 spiro atoms. The van der Waals surface area contributed by atoms with Crippen LogP contribution in [0.3, 0.4) is 0 Å². The second-order valence-corrected chi connectivity index (χ2v) is 6.04. The molecule has 0 saturated heterocycles. The molecule has 2 aromatic rings. The van der Waals surface area contributed by atoms with E-state index in [-0.39, 0.29) is 11.4 Å². The first kappa shape index (κ1) is 17.2. The fraction of sp³-hybridized carbons (Fsp3) is 0.500. The first-order chi connectivity index (χ1) is 11.1. The number of carbonyl (C=O) groups excluding carboxylic acids is 1. The average Bonchev–Trinajstić information content (AvgIpc) is 3.04. The number of nitrogens with one attached hydrogen (secondary N) is 1. The van der Waals surface area contributed by atoms with Crippen molar-refractivity contribution in [2.45, 2.75) is 58.4 Å². The van der Waals surface area contributed by atoms with Crippen LogP contribution >= 0.6 is 0 Å². The molecule has 1 aromatic carbocycles. The highest BCUT2D eigenvalue weighted by molar-refractivity contribution is 5.76. The number of aromatic nitrogens is 2. The predicted molar refractivity (Wildman–Crippen MR) is 89.8 cm³/mol. The first-order valence-corrected chi connectivity index (χ1v) is 8.25. The maximum absolute atomic E-state index is 12.0. The van der Waals surface area contributed by atoms with Crippen molar-refractivity contribution < 1.29 is 9.21 Å². The maximum atomic E-state index is 12.0. The van der Waals surface area contributed by atoms with E-state index >= 15 is 0 Å². The summed E-state index contributed by atoms with van der Waals surface area (Å²) < 4.78 is 5.64. The Balaban J connectivity index is 1.81. The van der Waals surface area contributed by atoms with E-state index in [9.17, 15) is 4.79 Å². The average molecular weight is 315 g/mol. The molecule has 23 heavy (non-hydrogen) atoms. The molecule has 2 rings (SSSR count). The molecule has 0 aliphatic rings. The topological polar surface area (TPSA) is 68.0 Å². The van der Waals surface area contributed by atoms with Gasteiger partial charge in [-0.25, -0.2) is 0 Å². The fourth-order valence-electron chi connectivity index (χ4n) is 2.28. The van der Waals surface area contributed by atoms with Crippen molar-refractivity contribution in [2.24, 2.45) is 0 Å². The third-order valence-electron chi connectivity index (χ3n) is 4.28. The largest absolute Gasteiger partial charge is 0.421 e. The maximum Gasteiger partial charge on any atom is 0.247 e. The minimum Gasteiger partial charge on any atom is -0.421 e. The zero-order valence-corrected chi connectivity index (χ0v) is 14.1. The van der Waals surface area contributed by atoms with Gasteiger partial charge in [-0.05, 0) is 38.3 Å². The molecule has 0 fully saturated rings. The molecule has 0 aliphatic carbocycles. The summed E-state index contributed by atoms with van der Waals surface area (Å²) in [5, 5.41) is 11.2. The van der Waals surface area contributed by atoms with Crippen LogP contribution in [0.1, 0.15) is 52.3 Å². The first-order valence-electron chi connectivity index (χ1n) is 8.25. The van der Waals surface area contributed by atoms with Gasteiger partial charge in [0.15, 0.2) is 0 Å². The number of benzene rings is 1. The number of hydrogen-bond acceptors (Lipinski definition) is 4. The molecular weight excluding hydrogens is 290 g/mol. The van der Waals surface area contributed by atoms with Crippen LogP contribution in [0.4, 0.5) is 0 Å². The summed E-state index contributed by atoms with van der Waals surface area (Å²) in [6.07, 6.45) is 3.64.